The molecule has 0 heterocycles. The number of aromatic hydroxyl groups is 1. The highest BCUT2D eigenvalue weighted by Gasteiger charge is 2.13. The summed E-state index contributed by atoms with van der Waals surface area (Å²) in [6.07, 6.45) is 0.888. The molecule has 0 saturated carbocycles. The van der Waals surface area contributed by atoms with Gasteiger partial charge in [-0.25, -0.2) is 0 Å². The van der Waals surface area contributed by atoms with Crippen molar-refractivity contribution in [3.8, 4) is 11.5 Å². The topological polar surface area (TPSA) is 32.7 Å². The first-order chi connectivity index (χ1) is 14.5. The molecule has 3 aromatic carbocycles. The Morgan fingerprint density at radius 3 is 1.90 bits per heavy atom. The van der Waals surface area contributed by atoms with E-state index in [-0.39, 0.29) is 5.75 Å². The molecule has 0 spiro atoms. The molecule has 3 nitrogen and oxygen atoms in total. The lowest BCUT2D eigenvalue weighted by Gasteiger charge is -2.17. The summed E-state index contributed by atoms with van der Waals surface area (Å²) in [6.45, 7) is 3.71. The second-order valence-corrected chi connectivity index (χ2v) is 8.35. The summed E-state index contributed by atoms with van der Waals surface area (Å²) in [6, 6.07) is 24.1. The van der Waals surface area contributed by atoms with Crippen LogP contribution in [0.15, 0.2) is 77.3 Å². The molecule has 0 aliphatic heterocycles. The van der Waals surface area contributed by atoms with Crippen molar-refractivity contribution in [2.24, 2.45) is 0 Å². The lowest BCUT2D eigenvalue weighted by Crippen LogP contribution is -2.19. The van der Waals surface area contributed by atoms with Crippen molar-refractivity contribution in [2.75, 3.05) is 27.2 Å². The molecule has 0 fully saturated rings. The molecule has 0 bridgehead atoms. The minimum absolute atomic E-state index is 0.268. The number of hydrogen-bond donors (Lipinski definition) is 1. The number of ether oxygens (including phenoxy) is 1. The van der Waals surface area contributed by atoms with E-state index in [4.69, 9.17) is 4.74 Å². The smallest absolute Gasteiger partial charge is 0.119 e. The van der Waals surface area contributed by atoms with Gasteiger partial charge in [0.05, 0.1) is 0 Å². The molecule has 4 heteroatoms. The lowest BCUT2D eigenvalue weighted by atomic mass is 9.88. The van der Waals surface area contributed by atoms with Crippen LogP contribution in [0.3, 0.4) is 0 Å². The predicted molar refractivity (Wildman–Crippen MR) is 129 cm³/mol. The first-order valence-corrected chi connectivity index (χ1v) is 10.9. The van der Waals surface area contributed by atoms with E-state index in [1.165, 1.54) is 16.7 Å². The summed E-state index contributed by atoms with van der Waals surface area (Å²) in [5.74, 6) is 1.14. The molecule has 0 aliphatic rings. The fraction of sp³-hybridized carbons (Fsp3) is 0.231. The SMILES string of the molecule is CC/C(=C(/c1ccc(O)cc1)c1ccc(OCCN(C)C)cc1)c1ccc(Br)cc1. The van der Waals surface area contributed by atoms with Gasteiger partial charge in [-0.15, -0.1) is 0 Å². The van der Waals surface area contributed by atoms with Gasteiger partial charge in [-0.2, -0.15) is 0 Å². The summed E-state index contributed by atoms with van der Waals surface area (Å²) in [5.41, 5.74) is 5.82. The van der Waals surface area contributed by atoms with Crippen molar-refractivity contribution in [2.45, 2.75) is 13.3 Å². The molecule has 0 aromatic heterocycles. The third-order valence-electron chi connectivity index (χ3n) is 4.95. The second-order valence-electron chi connectivity index (χ2n) is 7.44. The first kappa shape index (κ1) is 22.1. The predicted octanol–water partition coefficient (Wildman–Crippen LogP) is 6.46. The number of nitrogens with zero attached hydrogens (tertiary/aromatic N) is 1. The average molecular weight is 466 g/mol. The van der Waals surface area contributed by atoms with E-state index in [0.717, 1.165) is 34.3 Å². The van der Waals surface area contributed by atoms with Gasteiger partial charge in [0.2, 0.25) is 0 Å². The number of phenolic OH excluding ortho intramolecular Hbond substituents is 1. The Bertz CT molecular complexity index is 975. The Balaban J connectivity index is 2.03. The molecule has 0 radical (unpaired) electrons. The standard InChI is InChI=1S/C26H28BrNO2/c1-4-25(19-5-11-22(27)12-6-19)26(20-7-13-23(29)14-8-20)21-9-15-24(16-10-21)30-18-17-28(2)3/h5-16,29H,4,17-18H2,1-3H3/b26-25+. The number of phenols is 1. The zero-order valence-corrected chi connectivity index (χ0v) is 19.3. The average Bonchev–Trinajstić information content (AvgIpc) is 2.74. The van der Waals surface area contributed by atoms with Gasteiger partial charge in [0.25, 0.3) is 0 Å². The number of likely N-dealkylation sites (N-methyl/N-ethyl adjacent to an activating group) is 1. The fourth-order valence-corrected chi connectivity index (χ4v) is 3.65. The fourth-order valence-electron chi connectivity index (χ4n) is 3.38. The summed E-state index contributed by atoms with van der Waals surface area (Å²) in [4.78, 5) is 2.10. The molecule has 0 aliphatic carbocycles. The maximum absolute atomic E-state index is 9.77. The maximum atomic E-state index is 9.77. The summed E-state index contributed by atoms with van der Waals surface area (Å²) < 4.78 is 6.92. The van der Waals surface area contributed by atoms with Gasteiger partial charge in [-0.05, 0) is 84.8 Å². The third kappa shape index (κ3) is 5.74. The van der Waals surface area contributed by atoms with Crippen molar-refractivity contribution < 1.29 is 9.84 Å². The Labute approximate surface area is 187 Å². The summed E-state index contributed by atoms with van der Waals surface area (Å²) in [5, 5.41) is 9.77. The molecule has 0 unspecified atom stereocenters. The monoisotopic (exact) mass is 465 g/mol. The van der Waals surface area contributed by atoms with Crippen LogP contribution in [0.1, 0.15) is 30.0 Å². The van der Waals surface area contributed by atoms with Gasteiger partial charge < -0.3 is 14.7 Å². The number of rotatable bonds is 8. The van der Waals surface area contributed by atoms with E-state index in [2.05, 4.69) is 64.2 Å². The third-order valence-corrected chi connectivity index (χ3v) is 5.48. The van der Waals surface area contributed by atoms with Crippen LogP contribution in [0.2, 0.25) is 0 Å². The second kappa shape index (κ2) is 10.5. The molecular weight excluding hydrogens is 438 g/mol. The zero-order chi connectivity index (χ0) is 21.5. The normalized spacial score (nSPS) is 12.0. The highest BCUT2D eigenvalue weighted by atomic mass is 79.9. The van der Waals surface area contributed by atoms with Crippen LogP contribution in [0, 0.1) is 0 Å². The van der Waals surface area contributed by atoms with Crippen LogP contribution >= 0.6 is 15.9 Å². The Morgan fingerprint density at radius 2 is 1.37 bits per heavy atom. The van der Waals surface area contributed by atoms with E-state index in [1.807, 2.05) is 38.4 Å². The Kier molecular flexibility index (Phi) is 7.72. The van der Waals surface area contributed by atoms with Gasteiger partial charge in [-0.1, -0.05) is 59.3 Å². The van der Waals surface area contributed by atoms with E-state index < -0.39 is 0 Å². The number of hydrogen-bond acceptors (Lipinski definition) is 3. The van der Waals surface area contributed by atoms with Crippen LogP contribution in [0.25, 0.3) is 11.1 Å². The minimum Gasteiger partial charge on any atom is -0.508 e. The summed E-state index contributed by atoms with van der Waals surface area (Å²) in [7, 11) is 4.07. The quantitative estimate of drug-likeness (QED) is 0.387. The highest BCUT2D eigenvalue weighted by Crippen LogP contribution is 2.36. The number of benzene rings is 3. The lowest BCUT2D eigenvalue weighted by molar-refractivity contribution is 0.261. The van der Waals surface area contributed by atoms with E-state index in [1.54, 1.807) is 12.1 Å². The van der Waals surface area contributed by atoms with Gasteiger partial charge in [0.1, 0.15) is 18.1 Å². The highest BCUT2D eigenvalue weighted by molar-refractivity contribution is 9.10. The minimum atomic E-state index is 0.268. The van der Waals surface area contributed by atoms with Gasteiger partial charge in [0, 0.05) is 11.0 Å². The number of halogens is 1. The van der Waals surface area contributed by atoms with Crippen molar-refractivity contribution in [3.63, 3.8) is 0 Å². The van der Waals surface area contributed by atoms with Gasteiger partial charge in [-0.3, -0.25) is 0 Å². The van der Waals surface area contributed by atoms with Crippen molar-refractivity contribution >= 4 is 27.1 Å². The number of allylic oxidation sites excluding steroid dienone is 1. The molecule has 156 valence electrons. The zero-order valence-electron chi connectivity index (χ0n) is 17.7. The van der Waals surface area contributed by atoms with Crippen LogP contribution in [-0.2, 0) is 0 Å². The van der Waals surface area contributed by atoms with Crippen LogP contribution in [0.5, 0.6) is 11.5 Å². The van der Waals surface area contributed by atoms with Crippen molar-refractivity contribution in [1.29, 1.82) is 0 Å². The van der Waals surface area contributed by atoms with Crippen LogP contribution < -0.4 is 4.74 Å². The van der Waals surface area contributed by atoms with Crippen LogP contribution in [-0.4, -0.2) is 37.3 Å². The summed E-state index contributed by atoms with van der Waals surface area (Å²) >= 11 is 3.53. The maximum Gasteiger partial charge on any atom is 0.119 e. The first-order valence-electron chi connectivity index (χ1n) is 10.1. The van der Waals surface area contributed by atoms with Crippen molar-refractivity contribution in [1.82, 2.24) is 4.90 Å². The van der Waals surface area contributed by atoms with Crippen molar-refractivity contribution in [3.05, 3.63) is 94.0 Å². The molecule has 3 aromatic rings. The van der Waals surface area contributed by atoms with Gasteiger partial charge in [0.15, 0.2) is 0 Å². The molecule has 30 heavy (non-hydrogen) atoms. The Hall–Kier alpha value is -2.56. The Morgan fingerprint density at radius 1 is 0.833 bits per heavy atom. The molecule has 0 atom stereocenters. The molecule has 3 rings (SSSR count). The molecular formula is C26H28BrNO2. The van der Waals surface area contributed by atoms with E-state index in [0.29, 0.717) is 6.61 Å². The molecule has 0 saturated heterocycles. The molecule has 1 N–H and O–H groups in total. The molecule has 0 amide bonds. The van der Waals surface area contributed by atoms with Gasteiger partial charge >= 0.3 is 0 Å². The largest absolute Gasteiger partial charge is 0.508 e. The van der Waals surface area contributed by atoms with E-state index in [9.17, 15) is 5.11 Å². The van der Waals surface area contributed by atoms with Crippen LogP contribution in [0.4, 0.5) is 0 Å². The van der Waals surface area contributed by atoms with E-state index >= 15 is 0 Å².